The van der Waals surface area contributed by atoms with Crippen LogP contribution in [0.2, 0.25) is 0 Å². The molecule has 2 unspecified atom stereocenters. The normalized spacial score (nSPS) is 17.9. The van der Waals surface area contributed by atoms with Crippen LogP contribution in [0.5, 0.6) is 0 Å². The first-order valence-corrected chi connectivity index (χ1v) is 3.57. The molecule has 2 nitrogen and oxygen atoms in total. The Morgan fingerprint density at radius 3 is 2.50 bits per heavy atom. The zero-order valence-corrected chi connectivity index (χ0v) is 5.41. The van der Waals surface area contributed by atoms with E-state index in [4.69, 9.17) is 0 Å². The second-order valence-electron chi connectivity index (χ2n) is 1.58. The molecule has 0 rings (SSSR count). The van der Waals surface area contributed by atoms with Gasteiger partial charge < -0.3 is 4.55 Å². The van der Waals surface area contributed by atoms with Gasteiger partial charge in [0.15, 0.2) is 0 Å². The zero-order chi connectivity index (χ0) is 6.57. The maximum Gasteiger partial charge on any atom is 0.0981 e. The topological polar surface area (TPSA) is 40.1 Å². The molecule has 8 heavy (non-hydrogen) atoms. The molecule has 0 saturated heterocycles. The molecule has 0 spiro atoms. The molecule has 0 aromatic rings. The molecule has 0 aromatic carbocycles. The van der Waals surface area contributed by atoms with Gasteiger partial charge in [-0.25, -0.2) is 4.39 Å². The van der Waals surface area contributed by atoms with Crippen molar-refractivity contribution in [3.05, 3.63) is 0 Å². The van der Waals surface area contributed by atoms with Gasteiger partial charge in [-0.05, 0) is 13.3 Å². The smallest absolute Gasteiger partial charge is 0.0981 e. The average Bonchev–Trinajstić information content (AvgIpc) is 1.61. The van der Waals surface area contributed by atoms with Crippen LogP contribution in [0.25, 0.3) is 0 Å². The van der Waals surface area contributed by atoms with Crippen molar-refractivity contribution in [1.29, 1.82) is 0 Å². The van der Waals surface area contributed by atoms with Crippen molar-refractivity contribution in [2.45, 2.75) is 19.5 Å². The van der Waals surface area contributed by atoms with Gasteiger partial charge in [0, 0.05) is 5.75 Å². The minimum atomic E-state index is -2.08. The predicted octanol–water partition coefficient (Wildman–Crippen LogP) is 0.614. The second-order valence-corrected chi connectivity index (χ2v) is 2.59. The van der Waals surface area contributed by atoms with E-state index in [1.807, 2.05) is 0 Å². The first kappa shape index (κ1) is 8.04. The molecule has 50 valence electrons. The van der Waals surface area contributed by atoms with Crippen LogP contribution in [0.3, 0.4) is 0 Å². The number of alkyl halides is 1. The molecule has 4 heteroatoms. The van der Waals surface area contributed by atoms with Gasteiger partial charge in [-0.2, -0.15) is 0 Å². The maximum atomic E-state index is 11.8. The Kier molecular flexibility index (Phi) is 3.99. The van der Waals surface area contributed by atoms with Gasteiger partial charge in [0.2, 0.25) is 0 Å². The van der Waals surface area contributed by atoms with E-state index >= 15 is 0 Å². The van der Waals surface area contributed by atoms with Crippen molar-refractivity contribution in [2.75, 3.05) is 5.75 Å². The molecule has 0 aliphatic carbocycles. The van der Waals surface area contributed by atoms with Crippen molar-refractivity contribution in [2.24, 2.45) is 0 Å². The third-order valence-electron chi connectivity index (χ3n) is 0.682. The summed E-state index contributed by atoms with van der Waals surface area (Å²) in [4.78, 5) is 0. The van der Waals surface area contributed by atoms with Gasteiger partial charge in [0.1, 0.15) is 0 Å². The Labute approximate surface area is 50.4 Å². The Bertz CT molecular complexity index is 84.1. The first-order valence-electron chi connectivity index (χ1n) is 2.33. The standard InChI is InChI=1S/C4H9FO2S/c1-4(5)2-3-8(6)7/h4H,2-3H2,1H3,(H,6,7)/p-1. The number of hydrogen-bond donors (Lipinski definition) is 0. The van der Waals surface area contributed by atoms with Crippen molar-refractivity contribution >= 4 is 11.1 Å². The highest BCUT2D eigenvalue weighted by molar-refractivity contribution is 7.79. The fourth-order valence-electron chi connectivity index (χ4n) is 0.259. The van der Waals surface area contributed by atoms with E-state index in [2.05, 4.69) is 0 Å². The lowest BCUT2D eigenvalue weighted by atomic mass is 10.3. The fourth-order valence-corrected chi connectivity index (χ4v) is 0.776. The molecule has 0 aliphatic heterocycles. The Hall–Kier alpha value is 0.0400. The summed E-state index contributed by atoms with van der Waals surface area (Å²) in [6, 6.07) is 0. The minimum Gasteiger partial charge on any atom is -0.772 e. The van der Waals surface area contributed by atoms with E-state index in [1.165, 1.54) is 6.92 Å². The van der Waals surface area contributed by atoms with Gasteiger partial charge in [0.05, 0.1) is 6.17 Å². The van der Waals surface area contributed by atoms with Gasteiger partial charge in [-0.1, -0.05) is 11.1 Å². The van der Waals surface area contributed by atoms with Crippen LogP contribution in [0.1, 0.15) is 13.3 Å². The van der Waals surface area contributed by atoms with Crippen LogP contribution in [-0.2, 0) is 11.1 Å². The monoisotopic (exact) mass is 139 g/mol. The lowest BCUT2D eigenvalue weighted by molar-refractivity contribution is 0.351. The molecule has 0 radical (unpaired) electrons. The van der Waals surface area contributed by atoms with Gasteiger partial charge in [-0.3, -0.25) is 4.21 Å². The highest BCUT2D eigenvalue weighted by atomic mass is 32.2. The Morgan fingerprint density at radius 1 is 1.88 bits per heavy atom. The van der Waals surface area contributed by atoms with Crippen molar-refractivity contribution in [3.63, 3.8) is 0 Å². The molecule has 0 fully saturated rings. The quantitative estimate of drug-likeness (QED) is 0.537. The molecular weight excluding hydrogens is 131 g/mol. The molecule has 0 amide bonds. The fraction of sp³-hybridized carbons (Fsp3) is 1.00. The van der Waals surface area contributed by atoms with E-state index in [0.717, 1.165) is 0 Å². The number of hydrogen-bond acceptors (Lipinski definition) is 2. The van der Waals surface area contributed by atoms with Crippen LogP contribution in [0.15, 0.2) is 0 Å². The van der Waals surface area contributed by atoms with Crippen LogP contribution in [0, 0.1) is 0 Å². The summed E-state index contributed by atoms with van der Waals surface area (Å²) in [5, 5.41) is 0. The third kappa shape index (κ3) is 6.04. The summed E-state index contributed by atoms with van der Waals surface area (Å²) in [5.74, 6) is -0.0718. The largest absolute Gasteiger partial charge is 0.772 e. The zero-order valence-electron chi connectivity index (χ0n) is 4.59. The van der Waals surface area contributed by atoms with E-state index < -0.39 is 17.3 Å². The van der Waals surface area contributed by atoms with Crippen molar-refractivity contribution in [3.8, 4) is 0 Å². The molecule has 0 bridgehead atoms. The lowest BCUT2D eigenvalue weighted by Crippen LogP contribution is -2.01. The second kappa shape index (κ2) is 3.97. The highest BCUT2D eigenvalue weighted by Gasteiger charge is 1.95. The number of rotatable bonds is 3. The first-order chi connectivity index (χ1) is 3.63. The van der Waals surface area contributed by atoms with Crippen LogP contribution in [-0.4, -0.2) is 20.7 Å². The van der Waals surface area contributed by atoms with Crippen molar-refractivity contribution < 1.29 is 13.2 Å². The average molecular weight is 139 g/mol. The summed E-state index contributed by atoms with van der Waals surface area (Å²) in [7, 11) is 0. The summed E-state index contributed by atoms with van der Waals surface area (Å²) >= 11 is -2.08. The predicted molar refractivity (Wildman–Crippen MR) is 29.0 cm³/mol. The van der Waals surface area contributed by atoms with E-state index in [-0.39, 0.29) is 12.2 Å². The Balaban J connectivity index is 3.05. The Morgan fingerprint density at radius 2 is 2.38 bits per heavy atom. The highest BCUT2D eigenvalue weighted by Crippen LogP contribution is 1.95. The molecule has 0 N–H and O–H groups in total. The SMILES string of the molecule is CC(F)CCS(=O)[O-]. The number of halogens is 1. The third-order valence-corrected chi connectivity index (χ3v) is 1.25. The molecule has 0 aliphatic rings. The lowest BCUT2D eigenvalue weighted by Gasteiger charge is -2.03. The molecule has 0 saturated carbocycles. The van der Waals surface area contributed by atoms with Gasteiger partial charge in [0.25, 0.3) is 0 Å². The van der Waals surface area contributed by atoms with E-state index in [1.54, 1.807) is 0 Å². The molecular formula is C4H8FO2S-. The van der Waals surface area contributed by atoms with Crippen molar-refractivity contribution in [1.82, 2.24) is 0 Å². The summed E-state index contributed by atoms with van der Waals surface area (Å²) < 4.78 is 31.3. The van der Waals surface area contributed by atoms with Gasteiger partial charge in [-0.15, -0.1) is 0 Å². The molecule has 0 aromatic heterocycles. The van der Waals surface area contributed by atoms with Crippen LogP contribution < -0.4 is 0 Å². The molecule has 0 heterocycles. The van der Waals surface area contributed by atoms with E-state index in [9.17, 15) is 13.2 Å². The van der Waals surface area contributed by atoms with Crippen LogP contribution >= 0.6 is 0 Å². The van der Waals surface area contributed by atoms with Crippen LogP contribution in [0.4, 0.5) is 4.39 Å². The maximum absolute atomic E-state index is 11.8. The van der Waals surface area contributed by atoms with E-state index in [0.29, 0.717) is 0 Å². The molecule has 2 atom stereocenters. The summed E-state index contributed by atoms with van der Waals surface area (Å²) in [6.07, 6.45) is -0.899. The van der Waals surface area contributed by atoms with Gasteiger partial charge >= 0.3 is 0 Å². The summed E-state index contributed by atoms with van der Waals surface area (Å²) in [6.45, 7) is 1.34. The minimum absolute atomic E-state index is 0.0718. The summed E-state index contributed by atoms with van der Waals surface area (Å²) in [5.41, 5.74) is 0.